The van der Waals surface area contributed by atoms with Crippen LogP contribution < -0.4 is 0 Å². The Labute approximate surface area is 186 Å². The van der Waals surface area contributed by atoms with Crippen molar-refractivity contribution >= 4 is 48.1 Å². The Bertz CT molecular complexity index is 1040. The van der Waals surface area contributed by atoms with Crippen molar-refractivity contribution in [3.8, 4) is 0 Å². The Morgan fingerprint density at radius 3 is 1.93 bits per heavy atom. The van der Waals surface area contributed by atoms with E-state index in [4.69, 9.17) is 19.7 Å². The van der Waals surface area contributed by atoms with Crippen LogP contribution in [-0.4, -0.2) is 53.3 Å². The van der Waals surface area contributed by atoms with Crippen LogP contribution in [0.5, 0.6) is 0 Å². The fraction of sp³-hybridized carbons (Fsp3) is 0.263. The summed E-state index contributed by atoms with van der Waals surface area (Å²) >= 11 is 1.99. The summed E-state index contributed by atoms with van der Waals surface area (Å²) in [5, 5.41) is 2.73. The molecule has 1 unspecified atom stereocenters. The van der Waals surface area contributed by atoms with Crippen molar-refractivity contribution in [2.24, 2.45) is 5.11 Å². The monoisotopic (exact) mass is 513 g/mol. The van der Waals surface area contributed by atoms with Crippen LogP contribution in [0.1, 0.15) is 20.7 Å². The normalized spacial score (nSPS) is 24.8. The first-order valence-electron chi connectivity index (χ1n) is 9.08. The van der Waals surface area contributed by atoms with Gasteiger partial charge >= 0.3 is 187 Å². The van der Waals surface area contributed by atoms with E-state index in [9.17, 15) is 9.59 Å². The Kier molecular flexibility index (Phi) is 5.77. The van der Waals surface area contributed by atoms with Gasteiger partial charge in [-0.1, -0.05) is 0 Å². The van der Waals surface area contributed by atoms with Gasteiger partial charge in [-0.25, -0.2) is 0 Å². The summed E-state index contributed by atoms with van der Waals surface area (Å²) in [7, 11) is 0. The quantitative estimate of drug-likeness (QED) is 0.112. The van der Waals surface area contributed by atoms with Crippen LogP contribution in [0.15, 0.2) is 65.8 Å². The fourth-order valence-corrected chi connectivity index (χ4v) is 4.08. The molecule has 1 saturated heterocycles. The van der Waals surface area contributed by atoms with Gasteiger partial charge in [0.2, 0.25) is 0 Å². The summed E-state index contributed by atoms with van der Waals surface area (Å²) in [5.74, 6) is -1.23. The zero-order chi connectivity index (χ0) is 21.2. The second-order valence-corrected chi connectivity index (χ2v) is 7.60. The average Bonchev–Trinajstić information content (AvgIpc) is 3.52. The van der Waals surface area contributed by atoms with Crippen molar-refractivity contribution in [2.75, 3.05) is 4.43 Å². The molecule has 11 heteroatoms. The number of hydrogen-bond donors (Lipinski definition) is 0. The number of benzene rings is 2. The SMILES string of the molecule is [N-]=[N+]=N[C@]1(CI)OC2(B=B2)C(OC(=O)c2ccccc2)[C@@H]1OC(=O)c1ccccc1. The minimum absolute atomic E-state index is 0.185. The van der Waals surface area contributed by atoms with E-state index in [0.717, 1.165) is 0 Å². The molecule has 0 radical (unpaired) electrons. The third kappa shape index (κ3) is 3.80. The van der Waals surface area contributed by atoms with Crippen LogP contribution in [0.3, 0.4) is 0 Å². The first kappa shape index (κ1) is 20.8. The number of esters is 2. The van der Waals surface area contributed by atoms with Gasteiger partial charge < -0.3 is 0 Å². The molecule has 0 bridgehead atoms. The number of azide groups is 1. The van der Waals surface area contributed by atoms with E-state index < -0.39 is 35.3 Å². The first-order chi connectivity index (χ1) is 14.5. The van der Waals surface area contributed by atoms with Gasteiger partial charge in [0.25, 0.3) is 0 Å². The summed E-state index contributed by atoms with van der Waals surface area (Å²) in [4.78, 5) is 28.4. The molecule has 0 aliphatic carbocycles. The van der Waals surface area contributed by atoms with Gasteiger partial charge in [-0.2, -0.15) is 0 Å². The standard InChI is InChI=1S/C19H14B2IN3O5/c22-11-18(24-25-23)14(28-16(26)12-7-3-1-4-8-12)15(19(30-18)20-21-19)29-17(27)13-9-5-2-6-10-13/h1-10,14-15H,11H2/t14-,15?,18+/m0/s1. The summed E-state index contributed by atoms with van der Waals surface area (Å²) in [5.41, 5.74) is 8.27. The summed E-state index contributed by atoms with van der Waals surface area (Å²) in [6.07, 6.45) is -2.14. The zero-order valence-electron chi connectivity index (χ0n) is 15.6. The molecule has 0 aromatic heterocycles. The predicted molar refractivity (Wildman–Crippen MR) is 117 cm³/mol. The van der Waals surface area contributed by atoms with E-state index >= 15 is 0 Å². The molecule has 4 rings (SSSR count). The molecule has 2 aliphatic heterocycles. The minimum atomic E-state index is -1.52. The Balaban J connectivity index is 1.67. The van der Waals surface area contributed by atoms with E-state index in [1.54, 1.807) is 74.3 Å². The van der Waals surface area contributed by atoms with E-state index in [0.29, 0.717) is 11.1 Å². The Morgan fingerprint density at radius 2 is 1.50 bits per heavy atom. The van der Waals surface area contributed by atoms with Crippen LogP contribution >= 0.6 is 22.6 Å². The van der Waals surface area contributed by atoms with E-state index in [2.05, 4.69) is 10.0 Å². The second kappa shape index (κ2) is 8.33. The first-order valence-corrected chi connectivity index (χ1v) is 10.6. The van der Waals surface area contributed by atoms with Crippen LogP contribution in [0, 0.1) is 0 Å². The number of rotatable bonds is 6. The van der Waals surface area contributed by atoms with Gasteiger partial charge in [-0.15, -0.1) is 0 Å². The number of ether oxygens (including phenoxy) is 3. The van der Waals surface area contributed by atoms with E-state index in [1.807, 2.05) is 22.6 Å². The molecule has 0 N–H and O–H groups in total. The van der Waals surface area contributed by atoms with Crippen molar-refractivity contribution in [3.63, 3.8) is 0 Å². The molecular weight excluding hydrogens is 499 g/mol. The third-order valence-electron chi connectivity index (χ3n) is 4.91. The molecular formula is C19H14B2IN3O5. The molecule has 1 fully saturated rings. The van der Waals surface area contributed by atoms with Crippen molar-refractivity contribution in [3.05, 3.63) is 82.2 Å². The average molecular weight is 513 g/mol. The van der Waals surface area contributed by atoms with Crippen molar-refractivity contribution in [2.45, 2.75) is 23.3 Å². The van der Waals surface area contributed by atoms with Gasteiger partial charge in [0.1, 0.15) is 0 Å². The van der Waals surface area contributed by atoms with E-state index in [1.165, 1.54) is 0 Å². The van der Waals surface area contributed by atoms with Gasteiger partial charge in [-0.05, 0) is 0 Å². The number of halogens is 1. The molecule has 0 saturated carbocycles. The van der Waals surface area contributed by atoms with Gasteiger partial charge in [-0.3, -0.25) is 0 Å². The molecule has 2 heterocycles. The molecule has 2 aromatic carbocycles. The van der Waals surface area contributed by atoms with Crippen LogP contribution in [0.4, 0.5) is 0 Å². The molecule has 2 aromatic rings. The molecule has 2 aliphatic rings. The Hall–Kier alpha value is -2.49. The summed E-state index contributed by atoms with van der Waals surface area (Å²) in [6, 6.07) is 16.9. The van der Waals surface area contributed by atoms with Gasteiger partial charge in [0, 0.05) is 0 Å². The number of carbonyl (C=O) groups excluding carboxylic acids is 2. The van der Waals surface area contributed by atoms with Gasteiger partial charge in [0.15, 0.2) is 0 Å². The molecule has 148 valence electrons. The molecule has 0 amide bonds. The molecule has 1 spiro atoms. The number of nitrogens with zero attached hydrogens (tertiary/aromatic N) is 3. The maximum atomic E-state index is 12.8. The molecule has 8 nitrogen and oxygen atoms in total. The topological polar surface area (TPSA) is 111 Å². The number of alkyl halides is 1. The predicted octanol–water partition coefficient (Wildman–Crippen LogP) is 2.90. The van der Waals surface area contributed by atoms with Gasteiger partial charge in [0.05, 0.1) is 0 Å². The van der Waals surface area contributed by atoms with Crippen molar-refractivity contribution in [1.29, 1.82) is 0 Å². The third-order valence-corrected chi connectivity index (χ3v) is 6.00. The number of hydrogen-bond acceptors (Lipinski definition) is 6. The van der Waals surface area contributed by atoms with Crippen molar-refractivity contribution < 1.29 is 23.8 Å². The summed E-state index contributed by atoms with van der Waals surface area (Å²) in [6.45, 7) is 3.39. The molecule has 3 atom stereocenters. The fourth-order valence-electron chi connectivity index (χ4n) is 3.34. The zero-order valence-corrected chi connectivity index (χ0v) is 17.7. The van der Waals surface area contributed by atoms with Crippen LogP contribution in [0.25, 0.3) is 10.4 Å². The Morgan fingerprint density at radius 1 is 1.00 bits per heavy atom. The summed E-state index contributed by atoms with van der Waals surface area (Å²) < 4.78 is 17.7. The van der Waals surface area contributed by atoms with Crippen LogP contribution in [-0.2, 0) is 14.2 Å². The van der Waals surface area contributed by atoms with Crippen LogP contribution in [0.2, 0.25) is 0 Å². The number of carbonyl (C=O) groups is 2. The second-order valence-electron chi connectivity index (χ2n) is 6.84. The maximum absolute atomic E-state index is 12.8. The van der Waals surface area contributed by atoms with E-state index in [-0.39, 0.29) is 4.43 Å². The van der Waals surface area contributed by atoms with Crippen molar-refractivity contribution in [1.82, 2.24) is 0 Å². The molecule has 30 heavy (non-hydrogen) atoms.